The number of benzene rings is 2. The minimum absolute atomic E-state index is 0.167. The molecule has 3 aromatic rings. The third-order valence-corrected chi connectivity index (χ3v) is 6.72. The molecule has 9 heteroatoms. The molecule has 0 aliphatic carbocycles. The van der Waals surface area contributed by atoms with Gasteiger partial charge < -0.3 is 4.74 Å². The maximum atomic E-state index is 12.6. The van der Waals surface area contributed by atoms with Crippen LogP contribution in [-0.4, -0.2) is 31.5 Å². The van der Waals surface area contributed by atoms with Gasteiger partial charge in [-0.25, -0.2) is 8.42 Å². The van der Waals surface area contributed by atoms with Crippen LogP contribution in [0.1, 0.15) is 0 Å². The van der Waals surface area contributed by atoms with E-state index in [9.17, 15) is 8.42 Å². The molecule has 0 spiro atoms. The summed E-state index contributed by atoms with van der Waals surface area (Å²) in [6.07, 6.45) is 1.75. The second-order valence-electron chi connectivity index (χ2n) is 4.95. The number of rotatable bonds is 7. The van der Waals surface area contributed by atoms with Gasteiger partial charge in [0.25, 0.3) is 10.0 Å². The molecule has 1 aromatic heterocycles. The van der Waals surface area contributed by atoms with E-state index in [1.54, 1.807) is 37.5 Å². The van der Waals surface area contributed by atoms with Crippen LogP contribution in [0.5, 0.6) is 5.75 Å². The third kappa shape index (κ3) is 4.12. The van der Waals surface area contributed by atoms with Gasteiger partial charge in [-0.3, -0.25) is 4.72 Å². The van der Waals surface area contributed by atoms with Gasteiger partial charge in [-0.15, -0.1) is 16.8 Å². The van der Waals surface area contributed by atoms with Gasteiger partial charge in [0, 0.05) is 5.75 Å². The Hall–Kier alpha value is -2.10. The molecule has 3 rings (SSSR count). The maximum absolute atomic E-state index is 12.6. The van der Waals surface area contributed by atoms with Crippen LogP contribution in [0, 0.1) is 0 Å². The fourth-order valence-electron chi connectivity index (χ4n) is 2.11. The highest BCUT2D eigenvalue weighted by Gasteiger charge is 2.17. The number of methoxy groups -OCH3 is 1. The van der Waals surface area contributed by atoms with Crippen molar-refractivity contribution in [3.05, 3.63) is 49.1 Å². The van der Waals surface area contributed by atoms with Gasteiger partial charge in [0.05, 0.1) is 12.0 Å². The number of ether oxygens (including phenoxy) is 1. The normalized spacial score (nSPS) is 11.4. The Kier molecular flexibility index (Phi) is 5.26. The van der Waals surface area contributed by atoms with Crippen LogP contribution in [0.3, 0.4) is 0 Å². The molecule has 6 nitrogen and oxygen atoms in total. The number of thioether (sulfide) groups is 1. The van der Waals surface area contributed by atoms with Crippen molar-refractivity contribution in [3.8, 4) is 5.75 Å². The number of hydrogen-bond acceptors (Lipinski definition) is 7. The first kappa shape index (κ1) is 17.7. The molecule has 0 aliphatic heterocycles. The standard InChI is InChI=1S/C16H15N3O3S3/c1-3-8-23-16-18-17-15(24-16)19-25(20,21)14-7-5-11-9-13(22-2)6-4-12(11)10-14/h3-7,9-10H,1,8H2,2H3,(H,17,19). The minimum atomic E-state index is -3.73. The SMILES string of the molecule is C=CCSc1nnc(NS(=O)(=O)c2ccc3cc(OC)ccc3c2)s1. The first-order valence-corrected chi connectivity index (χ1v) is 10.5. The van der Waals surface area contributed by atoms with E-state index in [0.29, 0.717) is 10.1 Å². The lowest BCUT2D eigenvalue weighted by molar-refractivity contribution is 0.415. The van der Waals surface area contributed by atoms with Gasteiger partial charge in [-0.2, -0.15) is 0 Å². The van der Waals surface area contributed by atoms with E-state index in [1.807, 2.05) is 12.1 Å². The van der Waals surface area contributed by atoms with E-state index in [1.165, 1.54) is 23.1 Å². The predicted molar refractivity (Wildman–Crippen MR) is 102 cm³/mol. The minimum Gasteiger partial charge on any atom is -0.497 e. The maximum Gasteiger partial charge on any atom is 0.263 e. The van der Waals surface area contributed by atoms with Gasteiger partial charge in [-0.05, 0) is 35.0 Å². The predicted octanol–water partition coefficient (Wildman–Crippen LogP) is 3.78. The summed E-state index contributed by atoms with van der Waals surface area (Å²) < 4.78 is 33.5. The third-order valence-electron chi connectivity index (χ3n) is 3.28. The topological polar surface area (TPSA) is 81.2 Å². The quantitative estimate of drug-likeness (QED) is 0.486. The zero-order valence-corrected chi connectivity index (χ0v) is 15.7. The van der Waals surface area contributed by atoms with Crippen molar-refractivity contribution in [3.63, 3.8) is 0 Å². The number of anilines is 1. The molecule has 0 bridgehead atoms. The lowest BCUT2D eigenvalue weighted by Gasteiger charge is -2.07. The van der Waals surface area contributed by atoms with Gasteiger partial charge >= 0.3 is 0 Å². The van der Waals surface area contributed by atoms with Crippen LogP contribution in [-0.2, 0) is 10.0 Å². The fourth-order valence-corrected chi connectivity index (χ4v) is 4.89. The summed E-state index contributed by atoms with van der Waals surface area (Å²) in [5.41, 5.74) is 0. The Labute approximate surface area is 154 Å². The molecule has 0 radical (unpaired) electrons. The number of hydrogen-bond donors (Lipinski definition) is 1. The number of sulfonamides is 1. The molecular weight excluding hydrogens is 378 g/mol. The number of nitrogens with one attached hydrogen (secondary N) is 1. The van der Waals surface area contributed by atoms with Crippen LogP contribution in [0.25, 0.3) is 10.8 Å². The summed E-state index contributed by atoms with van der Waals surface area (Å²) in [7, 11) is -2.14. The average Bonchev–Trinajstić information content (AvgIpc) is 3.05. The summed E-state index contributed by atoms with van der Waals surface area (Å²) >= 11 is 2.64. The molecule has 0 amide bonds. The highest BCUT2D eigenvalue weighted by molar-refractivity contribution is 8.01. The lowest BCUT2D eigenvalue weighted by atomic mass is 10.1. The second-order valence-corrected chi connectivity index (χ2v) is 8.88. The zero-order valence-electron chi connectivity index (χ0n) is 13.3. The Bertz CT molecular complexity index is 1020. The molecule has 130 valence electrons. The van der Waals surface area contributed by atoms with E-state index in [4.69, 9.17) is 4.74 Å². The Balaban J connectivity index is 1.85. The van der Waals surface area contributed by atoms with Crippen LogP contribution in [0.15, 0.2) is 58.3 Å². The summed E-state index contributed by atoms with van der Waals surface area (Å²) in [4.78, 5) is 0.167. The van der Waals surface area contributed by atoms with E-state index >= 15 is 0 Å². The average molecular weight is 394 g/mol. The fraction of sp³-hybridized carbons (Fsp3) is 0.125. The van der Waals surface area contributed by atoms with Gasteiger partial charge in [0.1, 0.15) is 5.75 Å². The highest BCUT2D eigenvalue weighted by Crippen LogP contribution is 2.28. The first-order valence-electron chi connectivity index (χ1n) is 7.19. The van der Waals surface area contributed by atoms with Gasteiger partial charge in [0.2, 0.25) is 5.13 Å². The molecule has 25 heavy (non-hydrogen) atoms. The molecule has 0 saturated heterocycles. The largest absolute Gasteiger partial charge is 0.497 e. The van der Waals surface area contributed by atoms with Crippen molar-refractivity contribution in [1.82, 2.24) is 10.2 Å². The van der Waals surface area contributed by atoms with Crippen molar-refractivity contribution in [2.24, 2.45) is 0 Å². The number of fused-ring (bicyclic) bond motifs is 1. The van der Waals surface area contributed by atoms with Crippen LogP contribution in [0.4, 0.5) is 5.13 Å². The van der Waals surface area contributed by atoms with E-state index < -0.39 is 10.0 Å². The summed E-state index contributed by atoms with van der Waals surface area (Å²) in [5.74, 6) is 1.41. The zero-order chi connectivity index (χ0) is 17.9. The Morgan fingerprint density at radius 3 is 2.76 bits per heavy atom. The molecule has 0 saturated carbocycles. The summed E-state index contributed by atoms with van der Waals surface area (Å²) in [6.45, 7) is 3.63. The summed E-state index contributed by atoms with van der Waals surface area (Å²) in [5, 5.41) is 9.76. The molecule has 0 fully saturated rings. The van der Waals surface area contributed by atoms with Crippen molar-refractivity contribution in [2.75, 3.05) is 17.6 Å². The first-order chi connectivity index (χ1) is 12.0. The van der Waals surface area contributed by atoms with Crippen molar-refractivity contribution >= 4 is 49.0 Å². The molecule has 0 atom stereocenters. The number of aromatic nitrogens is 2. The van der Waals surface area contributed by atoms with Crippen molar-refractivity contribution in [1.29, 1.82) is 0 Å². The molecular formula is C16H15N3O3S3. The smallest absolute Gasteiger partial charge is 0.263 e. The highest BCUT2D eigenvalue weighted by atomic mass is 32.2. The molecule has 1 N–H and O–H groups in total. The van der Waals surface area contributed by atoms with Crippen molar-refractivity contribution in [2.45, 2.75) is 9.24 Å². The molecule has 0 aliphatic rings. The number of nitrogens with zero attached hydrogens (tertiary/aromatic N) is 2. The van der Waals surface area contributed by atoms with E-state index in [2.05, 4.69) is 21.5 Å². The monoisotopic (exact) mass is 393 g/mol. The molecule has 1 heterocycles. The lowest BCUT2D eigenvalue weighted by Crippen LogP contribution is -2.12. The Morgan fingerprint density at radius 2 is 2.00 bits per heavy atom. The van der Waals surface area contributed by atoms with Crippen LogP contribution < -0.4 is 9.46 Å². The van der Waals surface area contributed by atoms with Crippen molar-refractivity contribution < 1.29 is 13.2 Å². The van der Waals surface area contributed by atoms with Crippen LogP contribution in [0.2, 0.25) is 0 Å². The Morgan fingerprint density at radius 1 is 1.24 bits per heavy atom. The summed E-state index contributed by atoms with van der Waals surface area (Å²) in [6, 6.07) is 10.4. The second kappa shape index (κ2) is 7.42. The van der Waals surface area contributed by atoms with Gasteiger partial charge in [-0.1, -0.05) is 41.3 Å². The van der Waals surface area contributed by atoms with Gasteiger partial charge in [0.15, 0.2) is 4.34 Å². The van der Waals surface area contributed by atoms with Crippen LogP contribution >= 0.6 is 23.1 Å². The van der Waals surface area contributed by atoms with E-state index in [0.717, 1.165) is 16.5 Å². The molecule has 0 unspecified atom stereocenters. The van der Waals surface area contributed by atoms with E-state index in [-0.39, 0.29) is 10.0 Å². The molecule has 2 aromatic carbocycles.